The third kappa shape index (κ3) is 4.01. The van der Waals surface area contributed by atoms with Crippen molar-refractivity contribution in [2.45, 2.75) is 39.7 Å². The molecule has 20 heavy (non-hydrogen) atoms. The molecule has 0 amide bonds. The van der Waals surface area contributed by atoms with Crippen molar-refractivity contribution in [3.63, 3.8) is 0 Å². The second-order valence-corrected chi connectivity index (χ2v) is 5.18. The van der Waals surface area contributed by atoms with Crippen LogP contribution in [0.1, 0.15) is 33.1 Å². The van der Waals surface area contributed by atoms with Crippen molar-refractivity contribution >= 4 is 10.9 Å². The van der Waals surface area contributed by atoms with Crippen molar-refractivity contribution in [3.05, 3.63) is 30.5 Å². The van der Waals surface area contributed by atoms with Gasteiger partial charge in [-0.1, -0.05) is 20.3 Å². The van der Waals surface area contributed by atoms with Crippen LogP contribution in [-0.2, 0) is 6.54 Å². The zero-order valence-corrected chi connectivity index (χ0v) is 12.7. The van der Waals surface area contributed by atoms with Crippen molar-refractivity contribution in [2.75, 3.05) is 19.7 Å². The molecule has 110 valence electrons. The van der Waals surface area contributed by atoms with E-state index in [1.165, 1.54) is 23.7 Å². The molecule has 0 unspecified atom stereocenters. The molecule has 1 aromatic heterocycles. The number of aromatic nitrogens is 1. The van der Waals surface area contributed by atoms with Gasteiger partial charge in [-0.15, -0.1) is 0 Å². The highest BCUT2D eigenvalue weighted by molar-refractivity contribution is 5.81. The number of rotatable bonds is 9. The van der Waals surface area contributed by atoms with Gasteiger partial charge in [0.2, 0.25) is 0 Å². The maximum absolute atomic E-state index is 5.68. The van der Waals surface area contributed by atoms with Gasteiger partial charge in [-0.25, -0.2) is 0 Å². The molecule has 3 heteroatoms. The average molecular weight is 274 g/mol. The first-order chi connectivity index (χ1) is 9.85. The topological polar surface area (TPSA) is 26.2 Å². The normalized spacial score (nSPS) is 11.1. The number of benzene rings is 1. The summed E-state index contributed by atoms with van der Waals surface area (Å²) >= 11 is 0. The zero-order chi connectivity index (χ0) is 14.2. The Morgan fingerprint density at radius 1 is 1.10 bits per heavy atom. The fraction of sp³-hybridized carbons (Fsp3) is 0.529. The first-order valence-corrected chi connectivity index (χ1v) is 7.77. The maximum Gasteiger partial charge on any atom is 0.120 e. The largest absolute Gasteiger partial charge is 0.494 e. The number of hydrogen-bond acceptors (Lipinski definition) is 2. The van der Waals surface area contributed by atoms with E-state index in [-0.39, 0.29) is 0 Å². The first kappa shape index (κ1) is 14.9. The van der Waals surface area contributed by atoms with Crippen molar-refractivity contribution in [1.29, 1.82) is 0 Å². The molecule has 0 aliphatic carbocycles. The third-order valence-corrected chi connectivity index (χ3v) is 3.45. The van der Waals surface area contributed by atoms with Gasteiger partial charge in [-0.3, -0.25) is 0 Å². The quantitative estimate of drug-likeness (QED) is 0.704. The lowest BCUT2D eigenvalue weighted by atomic mass is 10.2. The number of nitrogens with zero attached hydrogens (tertiary/aromatic N) is 1. The highest BCUT2D eigenvalue weighted by Crippen LogP contribution is 2.22. The van der Waals surface area contributed by atoms with Crippen LogP contribution in [0.15, 0.2) is 30.5 Å². The van der Waals surface area contributed by atoms with Crippen LogP contribution in [0.25, 0.3) is 10.9 Å². The van der Waals surface area contributed by atoms with Gasteiger partial charge in [0.1, 0.15) is 5.75 Å². The van der Waals surface area contributed by atoms with Crippen molar-refractivity contribution in [3.8, 4) is 5.75 Å². The van der Waals surface area contributed by atoms with Crippen molar-refractivity contribution in [2.24, 2.45) is 0 Å². The monoisotopic (exact) mass is 274 g/mol. The van der Waals surface area contributed by atoms with Crippen LogP contribution in [0.3, 0.4) is 0 Å². The van der Waals surface area contributed by atoms with E-state index in [1.807, 2.05) is 0 Å². The summed E-state index contributed by atoms with van der Waals surface area (Å²) in [5.41, 5.74) is 1.28. The summed E-state index contributed by atoms with van der Waals surface area (Å²) in [6, 6.07) is 8.53. The van der Waals surface area contributed by atoms with Crippen LogP contribution in [0.4, 0.5) is 0 Å². The van der Waals surface area contributed by atoms with Crippen LogP contribution in [0, 0.1) is 0 Å². The highest BCUT2D eigenvalue weighted by Gasteiger charge is 2.02. The highest BCUT2D eigenvalue weighted by atomic mass is 16.5. The lowest BCUT2D eigenvalue weighted by Gasteiger charge is -2.08. The van der Waals surface area contributed by atoms with Gasteiger partial charge in [0.25, 0.3) is 0 Å². The number of fused-ring (bicyclic) bond motifs is 1. The molecular weight excluding hydrogens is 248 g/mol. The van der Waals surface area contributed by atoms with Gasteiger partial charge in [0.15, 0.2) is 0 Å². The van der Waals surface area contributed by atoms with Gasteiger partial charge in [-0.2, -0.15) is 0 Å². The lowest BCUT2D eigenvalue weighted by Crippen LogP contribution is -2.20. The second kappa shape index (κ2) is 7.95. The Labute approximate surface area is 121 Å². The van der Waals surface area contributed by atoms with E-state index in [9.17, 15) is 0 Å². The minimum atomic E-state index is 0.785. The van der Waals surface area contributed by atoms with Gasteiger partial charge in [-0.05, 0) is 43.7 Å². The van der Waals surface area contributed by atoms with Crippen LogP contribution in [0.5, 0.6) is 5.75 Å². The van der Waals surface area contributed by atoms with Gasteiger partial charge < -0.3 is 14.6 Å². The summed E-state index contributed by atoms with van der Waals surface area (Å²) in [5, 5.41) is 4.74. The molecule has 0 saturated heterocycles. The lowest BCUT2D eigenvalue weighted by molar-refractivity contribution is 0.318. The van der Waals surface area contributed by atoms with Crippen LogP contribution < -0.4 is 10.1 Å². The molecule has 2 aromatic rings. The molecule has 0 saturated carbocycles. The zero-order valence-electron chi connectivity index (χ0n) is 12.7. The number of hydrogen-bond donors (Lipinski definition) is 1. The van der Waals surface area contributed by atoms with Gasteiger partial charge in [0.05, 0.1) is 6.61 Å². The summed E-state index contributed by atoms with van der Waals surface area (Å²) in [6.07, 6.45) is 5.71. The smallest absolute Gasteiger partial charge is 0.120 e. The second-order valence-electron chi connectivity index (χ2n) is 5.18. The molecule has 2 rings (SSSR count). The van der Waals surface area contributed by atoms with Gasteiger partial charge >= 0.3 is 0 Å². The van der Waals surface area contributed by atoms with Crippen LogP contribution >= 0.6 is 0 Å². The molecule has 0 fully saturated rings. The van der Waals surface area contributed by atoms with Crippen molar-refractivity contribution < 1.29 is 4.74 Å². The molecule has 1 N–H and O–H groups in total. The molecule has 1 aromatic carbocycles. The standard InChI is InChI=1S/C17H26N2O/c1-3-5-9-18-10-12-19-11-8-15-14-16(20-13-4-2)6-7-17(15)19/h6-8,11,14,18H,3-5,9-10,12-13H2,1-2H3. The molecular formula is C17H26N2O. The molecule has 0 aliphatic heterocycles. The Morgan fingerprint density at radius 3 is 2.80 bits per heavy atom. The summed E-state index contributed by atoms with van der Waals surface area (Å²) < 4.78 is 7.98. The van der Waals surface area contributed by atoms with Crippen LogP contribution in [0.2, 0.25) is 0 Å². The van der Waals surface area contributed by atoms with E-state index in [0.29, 0.717) is 0 Å². The Bertz CT molecular complexity index is 519. The van der Waals surface area contributed by atoms with E-state index in [0.717, 1.165) is 38.4 Å². The Morgan fingerprint density at radius 2 is 2.00 bits per heavy atom. The summed E-state index contributed by atoms with van der Waals surface area (Å²) in [4.78, 5) is 0. The van der Waals surface area contributed by atoms with E-state index in [4.69, 9.17) is 4.74 Å². The Kier molecular flexibility index (Phi) is 5.93. The predicted octanol–water partition coefficient (Wildman–Crippen LogP) is 3.82. The summed E-state index contributed by atoms with van der Waals surface area (Å²) in [5.74, 6) is 0.971. The van der Waals surface area contributed by atoms with E-state index in [2.05, 4.69) is 54.2 Å². The molecule has 0 bridgehead atoms. The number of ether oxygens (including phenoxy) is 1. The molecule has 3 nitrogen and oxygen atoms in total. The number of nitrogens with one attached hydrogen (secondary N) is 1. The average Bonchev–Trinajstić information content (AvgIpc) is 2.87. The first-order valence-electron chi connectivity index (χ1n) is 7.77. The maximum atomic E-state index is 5.68. The predicted molar refractivity (Wildman–Crippen MR) is 85.5 cm³/mol. The molecule has 0 atom stereocenters. The SMILES string of the molecule is CCCCNCCn1ccc2cc(OCCC)ccc21. The Hall–Kier alpha value is -1.48. The molecule has 0 radical (unpaired) electrons. The van der Waals surface area contributed by atoms with E-state index < -0.39 is 0 Å². The molecule has 0 spiro atoms. The Balaban J connectivity index is 1.94. The fourth-order valence-corrected chi connectivity index (χ4v) is 2.31. The van der Waals surface area contributed by atoms with Gasteiger partial charge in [0, 0.05) is 30.2 Å². The fourth-order valence-electron chi connectivity index (χ4n) is 2.31. The van der Waals surface area contributed by atoms with Crippen molar-refractivity contribution in [1.82, 2.24) is 9.88 Å². The minimum absolute atomic E-state index is 0.785. The summed E-state index contributed by atoms with van der Waals surface area (Å²) in [6.45, 7) is 8.29. The molecule has 0 aliphatic rings. The van der Waals surface area contributed by atoms with Crippen LogP contribution in [-0.4, -0.2) is 24.3 Å². The molecule has 1 heterocycles. The van der Waals surface area contributed by atoms with E-state index in [1.54, 1.807) is 0 Å². The van der Waals surface area contributed by atoms with E-state index >= 15 is 0 Å². The third-order valence-electron chi connectivity index (χ3n) is 3.45. The minimum Gasteiger partial charge on any atom is -0.494 e. The summed E-state index contributed by atoms with van der Waals surface area (Å²) in [7, 11) is 0. The number of unbranched alkanes of at least 4 members (excludes halogenated alkanes) is 1.